The van der Waals surface area contributed by atoms with Crippen LogP contribution in [0.4, 0.5) is 0 Å². The quantitative estimate of drug-likeness (QED) is 0.792. The number of pyridine rings is 1. The molecule has 0 spiro atoms. The summed E-state index contributed by atoms with van der Waals surface area (Å²) in [4.78, 5) is 17.8. The number of nitrogens with zero attached hydrogens (tertiary/aromatic N) is 3. The lowest BCUT2D eigenvalue weighted by Gasteiger charge is -2.30. The Morgan fingerprint density at radius 1 is 1.53 bits per heavy atom. The van der Waals surface area contributed by atoms with Crippen LogP contribution in [-0.2, 0) is 6.54 Å². The second kappa shape index (κ2) is 5.13. The molecular weight excluding hydrogens is 238 g/mol. The lowest BCUT2D eigenvalue weighted by molar-refractivity contribution is 0.112. The van der Waals surface area contributed by atoms with Gasteiger partial charge in [-0.05, 0) is 36.9 Å². The Labute approximate surface area is 113 Å². The first kappa shape index (κ1) is 12.4. The topological polar surface area (TPSA) is 37.6 Å². The molecule has 100 valence electrons. The van der Waals surface area contributed by atoms with Gasteiger partial charge in [0, 0.05) is 31.7 Å². The van der Waals surface area contributed by atoms with Gasteiger partial charge in [-0.15, -0.1) is 0 Å². The number of aromatic nitrogens is 2. The summed E-state index contributed by atoms with van der Waals surface area (Å²) in [5.74, 6) is 0.774. The molecule has 1 aliphatic heterocycles. The predicted molar refractivity (Wildman–Crippen MR) is 74.3 cm³/mol. The van der Waals surface area contributed by atoms with Gasteiger partial charge in [0.1, 0.15) is 5.65 Å². The summed E-state index contributed by atoms with van der Waals surface area (Å²) in [6.07, 6.45) is 9.20. The zero-order valence-corrected chi connectivity index (χ0v) is 11.2. The molecule has 0 N–H and O–H groups in total. The minimum Gasteiger partial charge on any atom is -0.306 e. The molecule has 3 rings (SSSR count). The van der Waals surface area contributed by atoms with Crippen LogP contribution in [0, 0.1) is 5.92 Å². The molecule has 2 aromatic rings. The molecule has 19 heavy (non-hydrogen) atoms. The van der Waals surface area contributed by atoms with Crippen molar-refractivity contribution in [3.05, 3.63) is 35.8 Å². The fourth-order valence-corrected chi connectivity index (χ4v) is 2.98. The molecule has 1 fully saturated rings. The molecule has 4 nitrogen and oxygen atoms in total. The predicted octanol–water partition coefficient (Wildman–Crippen LogP) is 2.38. The number of carbonyl (C=O) groups is 1. The van der Waals surface area contributed by atoms with Gasteiger partial charge in [-0.3, -0.25) is 9.69 Å². The number of piperidine rings is 1. The van der Waals surface area contributed by atoms with Gasteiger partial charge >= 0.3 is 0 Å². The highest BCUT2D eigenvalue weighted by Gasteiger charge is 2.17. The van der Waals surface area contributed by atoms with Crippen LogP contribution in [0.5, 0.6) is 0 Å². The lowest BCUT2D eigenvalue weighted by atomic mass is 10.00. The third-order valence-corrected chi connectivity index (χ3v) is 3.85. The van der Waals surface area contributed by atoms with E-state index < -0.39 is 0 Å². The van der Waals surface area contributed by atoms with Gasteiger partial charge in [-0.2, -0.15) is 0 Å². The van der Waals surface area contributed by atoms with Crippen LogP contribution in [0.15, 0.2) is 24.7 Å². The summed E-state index contributed by atoms with van der Waals surface area (Å²) in [5.41, 5.74) is 2.60. The summed E-state index contributed by atoms with van der Waals surface area (Å²) < 4.78 is 1.94. The first-order valence-electron chi connectivity index (χ1n) is 6.89. The van der Waals surface area contributed by atoms with Gasteiger partial charge in [0.15, 0.2) is 6.29 Å². The molecule has 1 atom stereocenters. The highest BCUT2D eigenvalue weighted by atomic mass is 16.1. The molecule has 1 saturated heterocycles. The summed E-state index contributed by atoms with van der Waals surface area (Å²) in [7, 11) is 0. The highest BCUT2D eigenvalue weighted by molar-refractivity contribution is 5.84. The largest absolute Gasteiger partial charge is 0.306 e. The van der Waals surface area contributed by atoms with Crippen molar-refractivity contribution in [3.8, 4) is 0 Å². The molecule has 2 aromatic heterocycles. The SMILES string of the molecule is C[C@H]1CCCN(Cc2cc(C=O)c3nccn3c2)C1. The van der Waals surface area contributed by atoms with E-state index in [-0.39, 0.29) is 0 Å². The third-order valence-electron chi connectivity index (χ3n) is 3.85. The van der Waals surface area contributed by atoms with Gasteiger partial charge in [-0.25, -0.2) is 4.98 Å². The zero-order valence-electron chi connectivity index (χ0n) is 11.2. The van der Waals surface area contributed by atoms with Crippen LogP contribution in [-0.4, -0.2) is 33.7 Å². The zero-order chi connectivity index (χ0) is 13.2. The number of hydrogen-bond donors (Lipinski definition) is 0. The number of aldehydes is 1. The maximum Gasteiger partial charge on any atom is 0.153 e. The van der Waals surface area contributed by atoms with E-state index in [2.05, 4.69) is 23.0 Å². The second-order valence-corrected chi connectivity index (χ2v) is 5.56. The van der Waals surface area contributed by atoms with Crippen molar-refractivity contribution in [1.82, 2.24) is 14.3 Å². The fraction of sp³-hybridized carbons (Fsp3) is 0.467. The molecule has 4 heteroatoms. The van der Waals surface area contributed by atoms with Crippen LogP contribution in [0.1, 0.15) is 35.7 Å². The van der Waals surface area contributed by atoms with E-state index in [9.17, 15) is 4.79 Å². The molecule has 0 bridgehead atoms. The maximum atomic E-state index is 11.1. The van der Waals surface area contributed by atoms with Crippen LogP contribution in [0.2, 0.25) is 0 Å². The van der Waals surface area contributed by atoms with Crippen LogP contribution in [0.25, 0.3) is 5.65 Å². The maximum absolute atomic E-state index is 11.1. The Kier molecular flexibility index (Phi) is 3.34. The Morgan fingerprint density at radius 2 is 2.42 bits per heavy atom. The first-order chi connectivity index (χ1) is 9.26. The van der Waals surface area contributed by atoms with Crippen LogP contribution >= 0.6 is 0 Å². The molecule has 0 amide bonds. The van der Waals surface area contributed by atoms with Crippen molar-refractivity contribution in [2.75, 3.05) is 13.1 Å². The first-order valence-corrected chi connectivity index (χ1v) is 6.89. The van der Waals surface area contributed by atoms with Gasteiger partial charge in [-0.1, -0.05) is 6.92 Å². The molecular formula is C15H19N3O. The monoisotopic (exact) mass is 257 g/mol. The van der Waals surface area contributed by atoms with Crippen molar-refractivity contribution in [3.63, 3.8) is 0 Å². The fourth-order valence-electron chi connectivity index (χ4n) is 2.98. The number of carbonyl (C=O) groups excluding carboxylic acids is 1. The van der Waals surface area contributed by atoms with Gasteiger partial charge in [0.2, 0.25) is 0 Å². The van der Waals surface area contributed by atoms with E-state index >= 15 is 0 Å². The number of imidazole rings is 1. The molecule has 0 aliphatic carbocycles. The number of hydrogen-bond acceptors (Lipinski definition) is 3. The van der Waals surface area contributed by atoms with E-state index in [1.165, 1.54) is 18.4 Å². The standard InChI is InChI=1S/C15H19N3O/c1-12-3-2-5-17(8-12)9-13-7-14(11-19)15-16-4-6-18(15)10-13/h4,6-7,10-12H,2-3,5,8-9H2,1H3/t12-/m0/s1. The molecule has 0 unspecified atom stereocenters. The molecule has 0 radical (unpaired) electrons. The van der Waals surface area contributed by atoms with Crippen LogP contribution < -0.4 is 0 Å². The number of fused-ring (bicyclic) bond motifs is 1. The minimum atomic E-state index is 0.674. The summed E-state index contributed by atoms with van der Waals surface area (Å²) in [6, 6.07) is 1.97. The smallest absolute Gasteiger partial charge is 0.153 e. The number of likely N-dealkylation sites (tertiary alicyclic amines) is 1. The highest BCUT2D eigenvalue weighted by Crippen LogP contribution is 2.19. The van der Waals surface area contributed by atoms with E-state index in [1.807, 2.05) is 16.7 Å². The molecule has 1 aliphatic rings. The van der Waals surface area contributed by atoms with E-state index in [4.69, 9.17) is 0 Å². The Hall–Kier alpha value is -1.68. The van der Waals surface area contributed by atoms with Gasteiger partial charge in [0.05, 0.1) is 5.56 Å². The molecule has 3 heterocycles. The van der Waals surface area contributed by atoms with Crippen molar-refractivity contribution < 1.29 is 4.79 Å². The second-order valence-electron chi connectivity index (χ2n) is 5.56. The van der Waals surface area contributed by atoms with Crippen molar-refractivity contribution in [2.45, 2.75) is 26.3 Å². The average Bonchev–Trinajstić information content (AvgIpc) is 2.86. The summed E-state index contributed by atoms with van der Waals surface area (Å²) >= 11 is 0. The minimum absolute atomic E-state index is 0.674. The Morgan fingerprint density at radius 3 is 3.21 bits per heavy atom. The molecule has 0 aromatic carbocycles. The third kappa shape index (κ3) is 2.54. The van der Waals surface area contributed by atoms with Crippen molar-refractivity contribution >= 4 is 11.9 Å². The Balaban J connectivity index is 1.86. The van der Waals surface area contributed by atoms with Crippen molar-refractivity contribution in [1.29, 1.82) is 0 Å². The summed E-state index contributed by atoms with van der Waals surface area (Å²) in [5, 5.41) is 0. The number of rotatable bonds is 3. The molecule has 0 saturated carbocycles. The normalized spacial score (nSPS) is 20.8. The lowest BCUT2D eigenvalue weighted by Crippen LogP contribution is -2.33. The van der Waals surface area contributed by atoms with Crippen LogP contribution in [0.3, 0.4) is 0 Å². The van der Waals surface area contributed by atoms with Gasteiger partial charge in [0.25, 0.3) is 0 Å². The van der Waals surface area contributed by atoms with Gasteiger partial charge < -0.3 is 4.40 Å². The van der Waals surface area contributed by atoms with E-state index in [0.29, 0.717) is 5.56 Å². The van der Waals surface area contributed by atoms with Crippen molar-refractivity contribution in [2.24, 2.45) is 5.92 Å². The van der Waals surface area contributed by atoms with E-state index in [0.717, 1.165) is 37.5 Å². The van der Waals surface area contributed by atoms with E-state index in [1.54, 1.807) is 6.20 Å². The Bertz CT molecular complexity index is 590. The summed E-state index contributed by atoms with van der Waals surface area (Å²) in [6.45, 7) is 5.53. The average molecular weight is 257 g/mol.